The number of fused-ring (bicyclic) bond motifs is 1. The quantitative estimate of drug-likeness (QED) is 0.749. The molecule has 3 aromatic rings. The lowest BCUT2D eigenvalue weighted by atomic mass is 10.1. The lowest BCUT2D eigenvalue weighted by Gasteiger charge is -2.13. The topological polar surface area (TPSA) is 42.0 Å². The van der Waals surface area contributed by atoms with Gasteiger partial charge in [0, 0.05) is 16.3 Å². The predicted octanol–water partition coefficient (Wildman–Crippen LogP) is 4.80. The highest BCUT2D eigenvalue weighted by Gasteiger charge is 2.15. The lowest BCUT2D eigenvalue weighted by molar-refractivity contribution is 0.0941. The van der Waals surface area contributed by atoms with Crippen LogP contribution in [0.2, 0.25) is 0 Å². The summed E-state index contributed by atoms with van der Waals surface area (Å²) in [6, 6.07) is 14.0. The van der Waals surface area contributed by atoms with E-state index in [4.69, 9.17) is 4.98 Å². The Morgan fingerprint density at radius 2 is 2.04 bits per heavy atom. The highest BCUT2D eigenvalue weighted by Crippen LogP contribution is 2.29. The van der Waals surface area contributed by atoms with Gasteiger partial charge in [-0.1, -0.05) is 25.1 Å². The van der Waals surface area contributed by atoms with Crippen molar-refractivity contribution >= 4 is 28.1 Å². The summed E-state index contributed by atoms with van der Waals surface area (Å²) in [4.78, 5) is 19.7. The Kier molecular flexibility index (Phi) is 4.44. The van der Waals surface area contributed by atoms with Crippen molar-refractivity contribution in [3.05, 3.63) is 52.9 Å². The summed E-state index contributed by atoms with van der Waals surface area (Å²) >= 11 is 1.69. The van der Waals surface area contributed by atoms with E-state index in [9.17, 15) is 4.79 Å². The first-order valence-corrected chi connectivity index (χ1v) is 8.67. The van der Waals surface area contributed by atoms with Gasteiger partial charge in [-0.15, -0.1) is 11.3 Å². The van der Waals surface area contributed by atoms with E-state index in [1.165, 1.54) is 4.88 Å². The van der Waals surface area contributed by atoms with Crippen molar-refractivity contribution in [1.29, 1.82) is 0 Å². The molecule has 2 aromatic heterocycles. The van der Waals surface area contributed by atoms with E-state index in [-0.39, 0.29) is 11.9 Å². The molecule has 0 bridgehead atoms. The largest absolute Gasteiger partial charge is 0.350 e. The molecule has 3 nitrogen and oxygen atoms in total. The first-order chi connectivity index (χ1) is 11.1. The number of hydrogen-bond donors (Lipinski definition) is 1. The number of carbonyl (C=O) groups excluding carboxylic acids is 1. The zero-order valence-corrected chi connectivity index (χ0v) is 14.4. The Balaban J connectivity index is 2.13. The Bertz CT molecular complexity index is 853. The van der Waals surface area contributed by atoms with E-state index >= 15 is 0 Å². The first-order valence-electron chi connectivity index (χ1n) is 7.86. The van der Waals surface area contributed by atoms with Crippen LogP contribution in [0.15, 0.2) is 42.5 Å². The van der Waals surface area contributed by atoms with Crippen LogP contribution in [-0.2, 0) is 0 Å². The van der Waals surface area contributed by atoms with Crippen LogP contribution in [0.3, 0.4) is 0 Å². The number of thiophene rings is 1. The molecule has 0 fully saturated rings. The molecule has 1 atom stereocenters. The van der Waals surface area contributed by atoms with Crippen molar-refractivity contribution in [3.63, 3.8) is 0 Å². The zero-order chi connectivity index (χ0) is 16.4. The second-order valence-corrected chi connectivity index (χ2v) is 7.05. The van der Waals surface area contributed by atoms with Crippen LogP contribution in [0.1, 0.15) is 35.5 Å². The summed E-state index contributed by atoms with van der Waals surface area (Å²) in [5.41, 5.74) is 2.40. The molecule has 0 aliphatic carbocycles. The fraction of sp³-hybridized carbons (Fsp3) is 0.263. The molecular formula is C19H20N2OS. The van der Waals surface area contributed by atoms with Gasteiger partial charge >= 0.3 is 0 Å². The normalized spacial score (nSPS) is 12.3. The molecule has 1 amide bonds. The van der Waals surface area contributed by atoms with Gasteiger partial charge < -0.3 is 5.32 Å². The number of hydrogen-bond acceptors (Lipinski definition) is 3. The molecule has 1 N–H and O–H groups in total. The molecule has 0 unspecified atom stereocenters. The van der Waals surface area contributed by atoms with Crippen LogP contribution >= 0.6 is 11.3 Å². The number of benzene rings is 1. The van der Waals surface area contributed by atoms with Crippen LogP contribution in [0.25, 0.3) is 21.5 Å². The third kappa shape index (κ3) is 3.27. The standard InChI is InChI=1S/C19H20N2OS/c1-4-12(2)20-19(22)15-11-17(18-10-9-13(3)23-18)21-16-8-6-5-7-14(15)16/h5-12H,4H2,1-3H3,(H,20,22)/t12-/m0/s1. The number of aryl methyl sites for hydroxylation is 1. The van der Waals surface area contributed by atoms with Gasteiger partial charge in [-0.3, -0.25) is 4.79 Å². The molecule has 2 heterocycles. The van der Waals surface area contributed by atoms with Crippen molar-refractivity contribution < 1.29 is 4.79 Å². The molecule has 0 aliphatic heterocycles. The molecule has 0 radical (unpaired) electrons. The third-order valence-electron chi connectivity index (χ3n) is 3.94. The van der Waals surface area contributed by atoms with Crippen molar-refractivity contribution in [3.8, 4) is 10.6 Å². The minimum atomic E-state index is -0.0347. The molecule has 1 aromatic carbocycles. The third-order valence-corrected chi connectivity index (χ3v) is 4.97. The number of pyridine rings is 1. The van der Waals surface area contributed by atoms with Gasteiger partial charge in [0.15, 0.2) is 0 Å². The van der Waals surface area contributed by atoms with Gasteiger partial charge in [0.2, 0.25) is 0 Å². The van der Waals surface area contributed by atoms with Gasteiger partial charge in [0.05, 0.1) is 21.7 Å². The minimum absolute atomic E-state index is 0.0347. The van der Waals surface area contributed by atoms with Crippen molar-refractivity contribution in [2.45, 2.75) is 33.2 Å². The zero-order valence-electron chi connectivity index (χ0n) is 13.6. The Hall–Kier alpha value is -2.20. The average Bonchev–Trinajstić information content (AvgIpc) is 3.00. The molecule has 0 aliphatic rings. The number of para-hydroxylation sites is 1. The van der Waals surface area contributed by atoms with E-state index in [2.05, 4.69) is 31.3 Å². The predicted molar refractivity (Wildman–Crippen MR) is 97.0 cm³/mol. The Labute approximate surface area is 140 Å². The van der Waals surface area contributed by atoms with E-state index in [1.807, 2.05) is 37.3 Å². The van der Waals surface area contributed by atoms with Gasteiger partial charge in [0.25, 0.3) is 5.91 Å². The van der Waals surface area contributed by atoms with E-state index in [1.54, 1.807) is 11.3 Å². The molecule has 3 rings (SSSR count). The number of amides is 1. The van der Waals surface area contributed by atoms with Crippen LogP contribution in [0.5, 0.6) is 0 Å². The fourth-order valence-corrected chi connectivity index (χ4v) is 3.29. The van der Waals surface area contributed by atoms with E-state index in [0.717, 1.165) is 27.9 Å². The van der Waals surface area contributed by atoms with Crippen molar-refractivity contribution in [2.24, 2.45) is 0 Å². The van der Waals surface area contributed by atoms with Crippen molar-refractivity contribution in [2.75, 3.05) is 0 Å². The van der Waals surface area contributed by atoms with Gasteiger partial charge in [-0.05, 0) is 44.5 Å². The lowest BCUT2D eigenvalue weighted by Crippen LogP contribution is -2.32. The summed E-state index contributed by atoms with van der Waals surface area (Å²) in [6.45, 7) is 6.16. The summed E-state index contributed by atoms with van der Waals surface area (Å²) in [5, 5.41) is 3.95. The maximum absolute atomic E-state index is 12.7. The molecule has 23 heavy (non-hydrogen) atoms. The summed E-state index contributed by atoms with van der Waals surface area (Å²) in [6.07, 6.45) is 0.908. The smallest absolute Gasteiger partial charge is 0.252 e. The SMILES string of the molecule is CC[C@H](C)NC(=O)c1cc(-c2ccc(C)s2)nc2ccccc12. The minimum Gasteiger partial charge on any atom is -0.350 e. The second kappa shape index (κ2) is 6.50. The monoisotopic (exact) mass is 324 g/mol. The number of nitrogens with one attached hydrogen (secondary N) is 1. The molecule has 0 spiro atoms. The molecule has 0 saturated carbocycles. The first kappa shape index (κ1) is 15.7. The number of carbonyl (C=O) groups is 1. The summed E-state index contributed by atoms with van der Waals surface area (Å²) < 4.78 is 0. The van der Waals surface area contributed by atoms with Crippen LogP contribution in [0, 0.1) is 6.92 Å². The molecule has 4 heteroatoms. The summed E-state index contributed by atoms with van der Waals surface area (Å²) in [5.74, 6) is -0.0347. The second-order valence-electron chi connectivity index (χ2n) is 5.77. The van der Waals surface area contributed by atoms with Crippen LogP contribution < -0.4 is 5.32 Å². The number of nitrogens with zero attached hydrogens (tertiary/aromatic N) is 1. The molecule has 118 valence electrons. The Morgan fingerprint density at radius 3 is 2.74 bits per heavy atom. The fourth-order valence-electron chi connectivity index (χ4n) is 2.47. The van der Waals surface area contributed by atoms with Crippen LogP contribution in [-0.4, -0.2) is 16.9 Å². The van der Waals surface area contributed by atoms with Gasteiger partial charge in [0.1, 0.15) is 0 Å². The van der Waals surface area contributed by atoms with Gasteiger partial charge in [-0.25, -0.2) is 4.98 Å². The van der Waals surface area contributed by atoms with Crippen LogP contribution in [0.4, 0.5) is 0 Å². The maximum atomic E-state index is 12.7. The summed E-state index contributed by atoms with van der Waals surface area (Å²) in [7, 11) is 0. The van der Waals surface area contributed by atoms with Gasteiger partial charge in [-0.2, -0.15) is 0 Å². The average molecular weight is 324 g/mol. The highest BCUT2D eigenvalue weighted by molar-refractivity contribution is 7.15. The number of rotatable bonds is 4. The number of aromatic nitrogens is 1. The molecular weight excluding hydrogens is 304 g/mol. The highest BCUT2D eigenvalue weighted by atomic mass is 32.1. The van der Waals surface area contributed by atoms with Crippen molar-refractivity contribution in [1.82, 2.24) is 10.3 Å². The molecule has 0 saturated heterocycles. The van der Waals surface area contributed by atoms with E-state index in [0.29, 0.717) is 5.56 Å². The van der Waals surface area contributed by atoms with E-state index < -0.39 is 0 Å². The Morgan fingerprint density at radius 1 is 1.26 bits per heavy atom. The maximum Gasteiger partial charge on any atom is 0.252 e.